The molecule has 0 aromatic heterocycles. The summed E-state index contributed by atoms with van der Waals surface area (Å²) in [5, 5.41) is 8.13. The van der Waals surface area contributed by atoms with Crippen molar-refractivity contribution >= 4 is 29.3 Å². The molecule has 0 saturated carbocycles. The van der Waals surface area contributed by atoms with Gasteiger partial charge in [0.25, 0.3) is 0 Å². The van der Waals surface area contributed by atoms with Crippen LogP contribution < -0.4 is 25.4 Å². The second kappa shape index (κ2) is 12.5. The number of carbonyl (C=O) groups is 3. The highest BCUT2D eigenvalue weighted by molar-refractivity contribution is 5.94. The van der Waals surface area contributed by atoms with Crippen LogP contribution in [-0.2, 0) is 20.7 Å². The zero-order valence-electron chi connectivity index (χ0n) is 20.3. The molecule has 3 N–H and O–H groups in total. The van der Waals surface area contributed by atoms with E-state index in [9.17, 15) is 14.4 Å². The fraction of sp³-hybridized carbons (Fsp3) is 0.400. The second-order valence-corrected chi connectivity index (χ2v) is 8.55. The molecule has 2 aromatic rings. The quantitative estimate of drug-likeness (QED) is 0.480. The average Bonchev–Trinajstić information content (AvgIpc) is 2.76. The minimum atomic E-state index is -0.598. The van der Waals surface area contributed by atoms with Gasteiger partial charge in [0, 0.05) is 30.8 Å². The van der Waals surface area contributed by atoms with Gasteiger partial charge in [-0.05, 0) is 63.1 Å². The number of carbonyl (C=O) groups excluding carboxylic acids is 3. The maximum Gasteiger partial charge on any atom is 0.407 e. The Morgan fingerprint density at radius 3 is 2.03 bits per heavy atom. The van der Waals surface area contributed by atoms with Crippen molar-refractivity contribution in [2.24, 2.45) is 0 Å². The molecule has 2 rings (SSSR count). The molecule has 184 valence electrons. The highest BCUT2D eigenvalue weighted by Crippen LogP contribution is 2.28. The minimum Gasteiger partial charge on any atom is -0.493 e. The van der Waals surface area contributed by atoms with Crippen molar-refractivity contribution in [1.29, 1.82) is 0 Å². The van der Waals surface area contributed by atoms with Gasteiger partial charge >= 0.3 is 6.09 Å². The Balaban J connectivity index is 1.80. The van der Waals surface area contributed by atoms with Crippen molar-refractivity contribution in [3.05, 3.63) is 48.0 Å². The lowest BCUT2D eigenvalue weighted by atomic mass is 10.1. The first-order chi connectivity index (χ1) is 16.1. The largest absolute Gasteiger partial charge is 0.493 e. The molecule has 0 spiro atoms. The van der Waals surface area contributed by atoms with Crippen LogP contribution in [0.25, 0.3) is 0 Å². The maximum atomic E-state index is 12.4. The second-order valence-electron chi connectivity index (χ2n) is 8.55. The monoisotopic (exact) mass is 471 g/mol. The molecule has 0 aliphatic carbocycles. The zero-order chi connectivity index (χ0) is 25.1. The first-order valence-electron chi connectivity index (χ1n) is 11.0. The minimum absolute atomic E-state index is 0.0845. The Morgan fingerprint density at radius 1 is 0.824 bits per heavy atom. The summed E-state index contributed by atoms with van der Waals surface area (Å²) in [5.74, 6) is 0.827. The van der Waals surface area contributed by atoms with E-state index in [1.807, 2.05) is 12.1 Å². The van der Waals surface area contributed by atoms with Crippen molar-refractivity contribution < 1.29 is 28.6 Å². The molecule has 0 aliphatic rings. The molecule has 0 radical (unpaired) electrons. The van der Waals surface area contributed by atoms with Crippen LogP contribution in [0.4, 0.5) is 16.2 Å². The molecule has 34 heavy (non-hydrogen) atoms. The van der Waals surface area contributed by atoms with E-state index < -0.39 is 11.7 Å². The van der Waals surface area contributed by atoms with E-state index in [0.717, 1.165) is 5.56 Å². The third-order valence-electron chi connectivity index (χ3n) is 4.54. The average molecular weight is 472 g/mol. The maximum absolute atomic E-state index is 12.4. The van der Waals surface area contributed by atoms with E-state index in [2.05, 4.69) is 16.0 Å². The summed E-state index contributed by atoms with van der Waals surface area (Å²) in [6.07, 6.45) is 0.328. The Hall–Kier alpha value is -3.75. The molecule has 3 amide bonds. The van der Waals surface area contributed by atoms with Crippen LogP contribution in [0.5, 0.6) is 11.5 Å². The molecule has 0 aliphatic heterocycles. The number of hydrogen-bond acceptors (Lipinski definition) is 6. The Labute approximate surface area is 200 Å². The molecule has 0 bridgehead atoms. The summed E-state index contributed by atoms with van der Waals surface area (Å²) in [4.78, 5) is 36.2. The topological polar surface area (TPSA) is 115 Å². The SMILES string of the molecule is COc1ccc(CCC(=O)Nc2cccc(NC(=O)CCNC(=O)OC(C)(C)C)c2)cc1OC. The van der Waals surface area contributed by atoms with Crippen molar-refractivity contribution in [3.8, 4) is 11.5 Å². The lowest BCUT2D eigenvalue weighted by Crippen LogP contribution is -2.34. The molecule has 2 aromatic carbocycles. The van der Waals surface area contributed by atoms with Gasteiger partial charge < -0.3 is 30.2 Å². The number of amides is 3. The number of methoxy groups -OCH3 is 2. The predicted molar refractivity (Wildman–Crippen MR) is 130 cm³/mol. The van der Waals surface area contributed by atoms with Crippen LogP contribution in [0.3, 0.4) is 0 Å². The van der Waals surface area contributed by atoms with Crippen LogP contribution in [0.1, 0.15) is 39.2 Å². The van der Waals surface area contributed by atoms with E-state index in [1.54, 1.807) is 65.3 Å². The Morgan fingerprint density at radius 2 is 1.44 bits per heavy atom. The van der Waals surface area contributed by atoms with Gasteiger partial charge in [0.2, 0.25) is 11.8 Å². The van der Waals surface area contributed by atoms with Crippen molar-refractivity contribution in [2.75, 3.05) is 31.4 Å². The first kappa shape index (κ1) is 26.5. The van der Waals surface area contributed by atoms with E-state index in [0.29, 0.717) is 29.3 Å². The molecule has 0 fully saturated rings. The normalized spacial score (nSPS) is 10.7. The van der Waals surface area contributed by atoms with Crippen molar-refractivity contribution in [3.63, 3.8) is 0 Å². The highest BCUT2D eigenvalue weighted by Gasteiger charge is 2.16. The number of anilines is 2. The van der Waals surface area contributed by atoms with E-state index >= 15 is 0 Å². The highest BCUT2D eigenvalue weighted by atomic mass is 16.6. The number of rotatable bonds is 10. The summed E-state index contributed by atoms with van der Waals surface area (Å²) >= 11 is 0. The van der Waals surface area contributed by atoms with Gasteiger partial charge in [-0.1, -0.05) is 12.1 Å². The molecule has 0 atom stereocenters. The van der Waals surface area contributed by atoms with E-state index in [-0.39, 0.29) is 31.2 Å². The third kappa shape index (κ3) is 9.40. The van der Waals surface area contributed by atoms with Crippen molar-refractivity contribution in [1.82, 2.24) is 5.32 Å². The molecule has 0 unspecified atom stereocenters. The summed E-state index contributed by atoms with van der Waals surface area (Å²) in [6, 6.07) is 12.4. The number of nitrogens with one attached hydrogen (secondary N) is 3. The molecule has 0 saturated heterocycles. The van der Waals surface area contributed by atoms with Gasteiger partial charge in [-0.15, -0.1) is 0 Å². The summed E-state index contributed by atoms with van der Waals surface area (Å²) in [5.41, 5.74) is 1.47. The molecule has 9 nitrogen and oxygen atoms in total. The van der Waals surface area contributed by atoms with E-state index in [4.69, 9.17) is 14.2 Å². The van der Waals surface area contributed by atoms with Crippen molar-refractivity contribution in [2.45, 2.75) is 45.6 Å². The fourth-order valence-electron chi connectivity index (χ4n) is 3.01. The van der Waals surface area contributed by atoms with E-state index in [1.165, 1.54) is 0 Å². The Bertz CT molecular complexity index is 1000. The Kier molecular flexibility index (Phi) is 9.73. The molecule has 9 heteroatoms. The number of benzene rings is 2. The summed E-state index contributed by atoms with van der Waals surface area (Å²) in [6.45, 7) is 5.44. The van der Waals surface area contributed by atoms with Crippen LogP contribution >= 0.6 is 0 Å². The number of ether oxygens (including phenoxy) is 3. The summed E-state index contributed by atoms with van der Waals surface area (Å²) in [7, 11) is 3.14. The van der Waals surface area contributed by atoms with Gasteiger partial charge in [-0.2, -0.15) is 0 Å². The van der Waals surface area contributed by atoms with Crippen LogP contribution in [0.2, 0.25) is 0 Å². The van der Waals surface area contributed by atoms with Gasteiger partial charge in [0.05, 0.1) is 14.2 Å². The number of aryl methyl sites for hydroxylation is 1. The predicted octanol–water partition coefficient (Wildman–Crippen LogP) is 4.13. The third-order valence-corrected chi connectivity index (χ3v) is 4.54. The lowest BCUT2D eigenvalue weighted by molar-refractivity contribution is -0.116. The molecular weight excluding hydrogens is 438 g/mol. The molecule has 0 heterocycles. The van der Waals surface area contributed by atoms with Crippen LogP contribution in [0.15, 0.2) is 42.5 Å². The fourth-order valence-corrected chi connectivity index (χ4v) is 3.01. The van der Waals surface area contributed by atoms with Gasteiger partial charge in [0.15, 0.2) is 11.5 Å². The van der Waals surface area contributed by atoms with Gasteiger partial charge in [0.1, 0.15) is 5.60 Å². The molecular formula is C25H33N3O6. The first-order valence-corrected chi connectivity index (χ1v) is 11.0. The summed E-state index contributed by atoms with van der Waals surface area (Å²) < 4.78 is 15.6. The van der Waals surface area contributed by atoms with Crippen LogP contribution in [-0.4, -0.2) is 44.3 Å². The number of hydrogen-bond donors (Lipinski definition) is 3. The zero-order valence-corrected chi connectivity index (χ0v) is 20.3. The number of alkyl carbamates (subject to hydrolysis) is 1. The van der Waals surface area contributed by atoms with Gasteiger partial charge in [-0.25, -0.2) is 4.79 Å². The standard InChI is InChI=1S/C25H33N3O6/c1-25(2,3)34-24(31)26-14-13-23(30)28-19-8-6-7-18(16-19)27-22(29)12-10-17-9-11-20(32-4)21(15-17)33-5/h6-9,11,15-16H,10,12-14H2,1-5H3,(H,26,31)(H,27,29)(H,28,30). The lowest BCUT2D eigenvalue weighted by Gasteiger charge is -2.19. The van der Waals surface area contributed by atoms with Crippen LogP contribution in [0, 0.1) is 0 Å². The smallest absolute Gasteiger partial charge is 0.407 e. The van der Waals surface area contributed by atoms with Gasteiger partial charge in [-0.3, -0.25) is 9.59 Å².